The largest absolute Gasteiger partial charge is 0.497 e. The minimum Gasteiger partial charge on any atom is -0.497 e. The Balaban J connectivity index is 1.76. The van der Waals surface area contributed by atoms with Crippen molar-refractivity contribution in [3.63, 3.8) is 0 Å². The normalized spacial score (nSPS) is 14.0. The van der Waals surface area contributed by atoms with Gasteiger partial charge >= 0.3 is 0 Å². The molecule has 0 saturated heterocycles. The number of fused-ring (bicyclic) bond motifs is 1. The van der Waals surface area contributed by atoms with Gasteiger partial charge < -0.3 is 14.8 Å². The number of hydrogen-bond acceptors (Lipinski definition) is 3. The lowest BCUT2D eigenvalue weighted by Gasteiger charge is -2.16. The first kappa shape index (κ1) is 16.4. The number of carbonyl (C=O) groups is 1. The molecule has 126 valence electrons. The Kier molecular flexibility index (Phi) is 4.74. The van der Waals surface area contributed by atoms with Gasteiger partial charge in [0, 0.05) is 11.6 Å². The summed E-state index contributed by atoms with van der Waals surface area (Å²) in [5.41, 5.74) is 4.52. The van der Waals surface area contributed by atoms with E-state index in [1.54, 1.807) is 32.4 Å². The van der Waals surface area contributed by atoms with Crippen molar-refractivity contribution in [2.24, 2.45) is 0 Å². The van der Waals surface area contributed by atoms with Crippen LogP contribution in [0, 0.1) is 0 Å². The second kappa shape index (κ2) is 6.95. The fourth-order valence-corrected chi connectivity index (χ4v) is 3.16. The summed E-state index contributed by atoms with van der Waals surface area (Å²) in [5.74, 6) is 1.06. The third-order valence-electron chi connectivity index (χ3n) is 4.58. The number of hydrogen-bond donors (Lipinski definition) is 1. The van der Waals surface area contributed by atoms with Crippen LogP contribution in [-0.2, 0) is 12.8 Å². The number of ether oxygens (including phenoxy) is 2. The maximum Gasteiger partial charge on any atom is 0.252 e. The average molecular weight is 325 g/mol. The molecular weight excluding hydrogens is 302 g/mol. The summed E-state index contributed by atoms with van der Waals surface area (Å²) in [6, 6.07) is 11.7. The molecule has 1 unspecified atom stereocenters. The van der Waals surface area contributed by atoms with Crippen molar-refractivity contribution < 1.29 is 14.3 Å². The first-order chi connectivity index (χ1) is 11.6. The van der Waals surface area contributed by atoms with E-state index < -0.39 is 0 Å². The van der Waals surface area contributed by atoms with E-state index in [-0.39, 0.29) is 11.9 Å². The molecule has 0 saturated carbocycles. The van der Waals surface area contributed by atoms with E-state index in [0.717, 1.165) is 12.0 Å². The molecule has 2 aromatic carbocycles. The molecule has 2 aromatic rings. The van der Waals surface area contributed by atoms with E-state index in [4.69, 9.17) is 9.47 Å². The monoisotopic (exact) mass is 325 g/mol. The fourth-order valence-electron chi connectivity index (χ4n) is 3.16. The summed E-state index contributed by atoms with van der Waals surface area (Å²) < 4.78 is 10.5. The predicted molar refractivity (Wildman–Crippen MR) is 93.9 cm³/mol. The van der Waals surface area contributed by atoms with Gasteiger partial charge in [0.2, 0.25) is 0 Å². The standard InChI is InChI=1S/C20H23NO3/c1-13(15-8-7-14-5-4-6-16(14)9-15)21-20(22)17-10-18(23-2)12-19(11-17)24-3/h7-13H,4-6H2,1-3H3,(H,21,22). The summed E-state index contributed by atoms with van der Waals surface area (Å²) in [6.07, 6.45) is 3.53. The fraction of sp³-hybridized carbons (Fsp3) is 0.350. The lowest BCUT2D eigenvalue weighted by Crippen LogP contribution is -2.26. The van der Waals surface area contributed by atoms with Gasteiger partial charge in [-0.2, -0.15) is 0 Å². The van der Waals surface area contributed by atoms with Crippen LogP contribution in [0.2, 0.25) is 0 Å². The van der Waals surface area contributed by atoms with E-state index in [9.17, 15) is 4.79 Å². The Morgan fingerprint density at radius 3 is 2.33 bits per heavy atom. The van der Waals surface area contributed by atoms with Crippen molar-refractivity contribution in [2.75, 3.05) is 14.2 Å². The van der Waals surface area contributed by atoms with Crippen molar-refractivity contribution in [2.45, 2.75) is 32.2 Å². The van der Waals surface area contributed by atoms with E-state index in [0.29, 0.717) is 17.1 Å². The summed E-state index contributed by atoms with van der Waals surface area (Å²) in [7, 11) is 3.15. The van der Waals surface area contributed by atoms with Crippen LogP contribution < -0.4 is 14.8 Å². The highest BCUT2D eigenvalue weighted by Crippen LogP contribution is 2.26. The number of nitrogens with one attached hydrogen (secondary N) is 1. The van der Waals surface area contributed by atoms with Crippen LogP contribution in [0.1, 0.15) is 46.4 Å². The Morgan fingerprint density at radius 2 is 1.67 bits per heavy atom. The van der Waals surface area contributed by atoms with Crippen LogP contribution in [0.5, 0.6) is 11.5 Å². The van der Waals surface area contributed by atoms with Gasteiger partial charge in [0.1, 0.15) is 11.5 Å². The maximum atomic E-state index is 12.6. The topological polar surface area (TPSA) is 47.6 Å². The molecule has 1 atom stereocenters. The summed E-state index contributed by atoms with van der Waals surface area (Å²) in [6.45, 7) is 2.01. The smallest absolute Gasteiger partial charge is 0.252 e. The number of benzene rings is 2. The Hall–Kier alpha value is -2.49. The van der Waals surface area contributed by atoms with Crippen molar-refractivity contribution in [3.05, 3.63) is 58.7 Å². The maximum absolute atomic E-state index is 12.6. The number of rotatable bonds is 5. The molecule has 1 amide bonds. The van der Waals surface area contributed by atoms with Gasteiger partial charge in [0.15, 0.2) is 0 Å². The second-order valence-electron chi connectivity index (χ2n) is 6.18. The first-order valence-corrected chi connectivity index (χ1v) is 8.26. The highest BCUT2D eigenvalue weighted by molar-refractivity contribution is 5.95. The molecule has 0 heterocycles. The first-order valence-electron chi connectivity index (χ1n) is 8.26. The molecular formula is C20H23NO3. The van der Waals surface area contributed by atoms with Crippen molar-refractivity contribution in [3.8, 4) is 11.5 Å². The Morgan fingerprint density at radius 1 is 1.00 bits per heavy atom. The summed E-state index contributed by atoms with van der Waals surface area (Å²) >= 11 is 0. The van der Waals surface area contributed by atoms with E-state index >= 15 is 0 Å². The van der Waals surface area contributed by atoms with Crippen LogP contribution in [0.4, 0.5) is 0 Å². The minimum absolute atomic E-state index is 0.0550. The molecule has 1 aliphatic rings. The van der Waals surface area contributed by atoms with Gasteiger partial charge in [-0.15, -0.1) is 0 Å². The Bertz CT molecular complexity index is 732. The molecule has 1 aliphatic carbocycles. The average Bonchev–Trinajstić information content (AvgIpc) is 3.08. The van der Waals surface area contributed by atoms with Gasteiger partial charge in [-0.1, -0.05) is 18.2 Å². The van der Waals surface area contributed by atoms with Crippen LogP contribution in [0.3, 0.4) is 0 Å². The molecule has 0 spiro atoms. The molecule has 0 aromatic heterocycles. The van der Waals surface area contributed by atoms with E-state index in [1.165, 1.54) is 24.0 Å². The van der Waals surface area contributed by atoms with Crippen molar-refractivity contribution in [1.82, 2.24) is 5.32 Å². The third kappa shape index (κ3) is 3.37. The molecule has 24 heavy (non-hydrogen) atoms. The molecule has 0 fully saturated rings. The van der Waals surface area contributed by atoms with Crippen molar-refractivity contribution >= 4 is 5.91 Å². The van der Waals surface area contributed by atoms with Gasteiger partial charge in [-0.3, -0.25) is 4.79 Å². The van der Waals surface area contributed by atoms with E-state index in [2.05, 4.69) is 23.5 Å². The number of methoxy groups -OCH3 is 2. The lowest BCUT2D eigenvalue weighted by molar-refractivity contribution is 0.0939. The summed E-state index contributed by atoms with van der Waals surface area (Å²) in [5, 5.41) is 3.06. The quantitative estimate of drug-likeness (QED) is 0.912. The predicted octanol–water partition coefficient (Wildman–Crippen LogP) is 3.68. The molecule has 1 N–H and O–H groups in total. The number of carbonyl (C=O) groups excluding carboxylic acids is 1. The highest BCUT2D eigenvalue weighted by Gasteiger charge is 2.16. The minimum atomic E-state index is -0.139. The van der Waals surface area contributed by atoms with Crippen LogP contribution in [0.25, 0.3) is 0 Å². The van der Waals surface area contributed by atoms with Crippen LogP contribution in [-0.4, -0.2) is 20.1 Å². The van der Waals surface area contributed by atoms with Crippen LogP contribution >= 0.6 is 0 Å². The van der Waals surface area contributed by atoms with Crippen LogP contribution in [0.15, 0.2) is 36.4 Å². The van der Waals surface area contributed by atoms with Crippen molar-refractivity contribution in [1.29, 1.82) is 0 Å². The molecule has 3 rings (SSSR count). The zero-order valence-corrected chi connectivity index (χ0v) is 14.4. The van der Waals surface area contributed by atoms with Gasteiger partial charge in [-0.25, -0.2) is 0 Å². The number of amides is 1. The molecule has 0 radical (unpaired) electrons. The van der Waals surface area contributed by atoms with Gasteiger partial charge in [0.05, 0.1) is 20.3 Å². The zero-order chi connectivity index (χ0) is 17.1. The summed E-state index contributed by atoms with van der Waals surface area (Å²) in [4.78, 5) is 12.6. The molecule has 4 nitrogen and oxygen atoms in total. The van der Waals surface area contributed by atoms with Gasteiger partial charge in [0.25, 0.3) is 5.91 Å². The number of aryl methyl sites for hydroxylation is 2. The zero-order valence-electron chi connectivity index (χ0n) is 14.4. The molecule has 0 bridgehead atoms. The second-order valence-corrected chi connectivity index (χ2v) is 6.18. The molecule has 4 heteroatoms. The Labute approximate surface area is 142 Å². The third-order valence-corrected chi connectivity index (χ3v) is 4.58. The SMILES string of the molecule is COc1cc(OC)cc(C(=O)NC(C)c2ccc3c(c2)CCC3)c1. The highest BCUT2D eigenvalue weighted by atomic mass is 16.5. The van der Waals surface area contributed by atoms with E-state index in [1.807, 2.05) is 6.92 Å². The van der Waals surface area contributed by atoms with Gasteiger partial charge in [-0.05, 0) is 55.0 Å². The lowest BCUT2D eigenvalue weighted by atomic mass is 10.0. The molecule has 0 aliphatic heterocycles.